The summed E-state index contributed by atoms with van der Waals surface area (Å²) in [5.74, 6) is -0.0557. The van der Waals surface area contributed by atoms with Gasteiger partial charge < -0.3 is 20.4 Å². The molecule has 4 nitrogen and oxygen atoms in total. The average Bonchev–Trinajstić information content (AvgIpc) is 2.99. The molecule has 0 aliphatic carbocycles. The first-order valence-corrected chi connectivity index (χ1v) is 20.5. The van der Waals surface area contributed by atoms with Gasteiger partial charge in [0.25, 0.3) is 0 Å². The summed E-state index contributed by atoms with van der Waals surface area (Å²) in [5, 5.41) is 49.4. The van der Waals surface area contributed by atoms with Crippen LogP contribution in [0.25, 0.3) is 0 Å². The smallest absolute Gasteiger partial charge is 0.123 e. The van der Waals surface area contributed by atoms with Crippen LogP contribution in [0.4, 0.5) is 0 Å². The highest BCUT2D eigenvalue weighted by Crippen LogP contribution is 2.55. The van der Waals surface area contributed by atoms with Crippen LogP contribution in [0.2, 0.25) is 0 Å². The van der Waals surface area contributed by atoms with Crippen molar-refractivity contribution in [3.8, 4) is 23.0 Å². The highest BCUT2D eigenvalue weighted by molar-refractivity contribution is 5.62. The molecule has 0 aliphatic rings. The summed E-state index contributed by atoms with van der Waals surface area (Å²) >= 11 is 0. The second kappa shape index (κ2) is 14.5. The third-order valence-electron chi connectivity index (χ3n) is 11.4. The topological polar surface area (TPSA) is 80.9 Å². The number of aryl methyl sites for hydroxylation is 2. The maximum atomic E-state index is 12.7. The van der Waals surface area contributed by atoms with E-state index < -0.39 is 33.5 Å². The molecule has 0 aromatic heterocycles. The monoisotopic (exact) mass is 763 g/mol. The summed E-state index contributed by atoms with van der Waals surface area (Å²) < 4.78 is 0. The van der Waals surface area contributed by atoms with Crippen molar-refractivity contribution >= 4 is 0 Å². The van der Waals surface area contributed by atoms with Crippen molar-refractivity contribution in [1.82, 2.24) is 0 Å². The van der Waals surface area contributed by atoms with Crippen LogP contribution in [0.1, 0.15) is 203 Å². The minimum atomic E-state index is -0.590. The quantitative estimate of drug-likeness (QED) is 0.163. The van der Waals surface area contributed by atoms with Crippen molar-refractivity contribution in [2.45, 2.75) is 183 Å². The van der Waals surface area contributed by atoms with Crippen LogP contribution in [0.15, 0.2) is 48.5 Å². The molecule has 0 saturated heterocycles. The number of hydrogen-bond donors (Lipinski definition) is 4. The van der Waals surface area contributed by atoms with Crippen molar-refractivity contribution in [2.24, 2.45) is 0 Å². The third kappa shape index (κ3) is 8.95. The first kappa shape index (κ1) is 44.8. The van der Waals surface area contributed by atoms with Gasteiger partial charge in [-0.2, -0.15) is 0 Å². The Hall–Kier alpha value is -3.92. The lowest BCUT2D eigenvalue weighted by molar-refractivity contribution is 0.415. The Bertz CT molecular complexity index is 1880. The van der Waals surface area contributed by atoms with Crippen LogP contribution >= 0.6 is 0 Å². The molecule has 0 fully saturated rings. The Labute approximate surface area is 340 Å². The van der Waals surface area contributed by atoms with E-state index in [1.807, 2.05) is 0 Å². The van der Waals surface area contributed by atoms with Gasteiger partial charge in [-0.15, -0.1) is 0 Å². The SMILES string of the molecule is Cc1cc(C(c2cc(C)cc(C(C)(C)C)c2O)C(c2cc(C(C)(C)C)c(O)c(C(C)(C)C)c2)c2cc(C(C)(C)C)c(O)c(C(C)(C)C)c2)c(O)c(C(C)(C)C)c1. The van der Waals surface area contributed by atoms with Crippen molar-refractivity contribution in [2.75, 3.05) is 0 Å². The Morgan fingerprint density at radius 3 is 0.732 bits per heavy atom. The zero-order valence-corrected chi connectivity index (χ0v) is 38.6. The Morgan fingerprint density at radius 1 is 0.304 bits per heavy atom. The van der Waals surface area contributed by atoms with E-state index in [0.29, 0.717) is 11.5 Å². The van der Waals surface area contributed by atoms with Gasteiger partial charge >= 0.3 is 0 Å². The predicted molar refractivity (Wildman–Crippen MR) is 238 cm³/mol. The maximum absolute atomic E-state index is 12.7. The van der Waals surface area contributed by atoms with Gasteiger partial charge in [0.2, 0.25) is 0 Å². The van der Waals surface area contributed by atoms with E-state index in [-0.39, 0.29) is 22.3 Å². The molecule has 4 aromatic rings. The van der Waals surface area contributed by atoms with E-state index in [1.54, 1.807) is 0 Å². The number of phenols is 4. The molecule has 0 amide bonds. The lowest BCUT2D eigenvalue weighted by Gasteiger charge is -2.37. The molecular formula is C52H74O4. The molecule has 0 heterocycles. The zero-order chi connectivity index (χ0) is 43.0. The summed E-state index contributed by atoms with van der Waals surface area (Å²) in [6.07, 6.45) is 0. The fraction of sp³-hybridized carbons (Fsp3) is 0.538. The number of benzene rings is 4. The molecule has 0 saturated carbocycles. The summed E-state index contributed by atoms with van der Waals surface area (Å²) in [6.45, 7) is 42.4. The summed E-state index contributed by atoms with van der Waals surface area (Å²) in [6, 6.07) is 16.9. The average molecular weight is 763 g/mol. The number of rotatable bonds is 5. The lowest BCUT2D eigenvalue weighted by Crippen LogP contribution is -2.24. The minimum absolute atomic E-state index is 0.216. The van der Waals surface area contributed by atoms with Crippen LogP contribution in [-0.4, -0.2) is 20.4 Å². The summed E-state index contributed by atoms with van der Waals surface area (Å²) in [7, 11) is 0. The molecule has 0 atom stereocenters. The van der Waals surface area contributed by atoms with Crippen molar-refractivity contribution in [3.05, 3.63) is 115 Å². The van der Waals surface area contributed by atoms with E-state index in [0.717, 1.165) is 66.8 Å². The van der Waals surface area contributed by atoms with Crippen molar-refractivity contribution < 1.29 is 20.4 Å². The van der Waals surface area contributed by atoms with E-state index >= 15 is 0 Å². The first-order valence-electron chi connectivity index (χ1n) is 20.5. The summed E-state index contributed by atoms with van der Waals surface area (Å²) in [4.78, 5) is 0. The van der Waals surface area contributed by atoms with Gasteiger partial charge in [-0.3, -0.25) is 0 Å². The van der Waals surface area contributed by atoms with Crippen LogP contribution in [0, 0.1) is 13.8 Å². The molecule has 4 aromatic carbocycles. The molecule has 0 spiro atoms. The number of aromatic hydroxyl groups is 4. The molecule has 4 N–H and O–H groups in total. The fourth-order valence-corrected chi connectivity index (χ4v) is 8.29. The highest BCUT2D eigenvalue weighted by atomic mass is 16.3. The molecule has 0 radical (unpaired) electrons. The van der Waals surface area contributed by atoms with Gasteiger partial charge in [-0.25, -0.2) is 0 Å². The molecule has 306 valence electrons. The van der Waals surface area contributed by atoms with Crippen molar-refractivity contribution in [3.63, 3.8) is 0 Å². The Morgan fingerprint density at radius 2 is 0.518 bits per heavy atom. The largest absolute Gasteiger partial charge is 0.507 e. The van der Waals surface area contributed by atoms with Gasteiger partial charge in [0.1, 0.15) is 23.0 Å². The maximum Gasteiger partial charge on any atom is 0.123 e. The number of phenolic OH excluding ortho intramolecular Hbond substituents is 4. The molecular weight excluding hydrogens is 689 g/mol. The Kier molecular flexibility index (Phi) is 11.6. The Balaban J connectivity index is 2.47. The molecule has 4 rings (SSSR count). The predicted octanol–water partition coefficient (Wildman–Crippen LogP) is 13.9. The second-order valence-electron chi connectivity index (χ2n) is 22.9. The highest BCUT2D eigenvalue weighted by Gasteiger charge is 2.39. The van der Waals surface area contributed by atoms with Crippen LogP contribution in [0.5, 0.6) is 23.0 Å². The van der Waals surface area contributed by atoms with Crippen LogP contribution < -0.4 is 0 Å². The minimum Gasteiger partial charge on any atom is -0.507 e. The molecule has 56 heavy (non-hydrogen) atoms. The van der Waals surface area contributed by atoms with E-state index in [2.05, 4.69) is 187 Å². The summed E-state index contributed by atoms with van der Waals surface area (Å²) in [5.41, 5.74) is 8.08. The van der Waals surface area contributed by atoms with Gasteiger partial charge in [-0.05, 0) is 90.8 Å². The standard InChI is InChI=1S/C52H74O4/c1-29-21-33(43(53)35(23-29)47(3,4)5)42(34-22-30(2)24-36(44(34)54)48(6,7)8)41(31-25-37(49(9,10)11)45(55)38(26-31)50(12,13)14)32-27-39(51(15,16)17)46(56)40(28-32)52(18,19)20/h21-28,41-42,53-56H,1-20H3. The van der Waals surface area contributed by atoms with Gasteiger partial charge in [-0.1, -0.05) is 184 Å². The van der Waals surface area contributed by atoms with Gasteiger partial charge in [0.15, 0.2) is 0 Å². The molecule has 0 aliphatic heterocycles. The van der Waals surface area contributed by atoms with Gasteiger partial charge in [0.05, 0.1) is 0 Å². The number of hydrogen-bond acceptors (Lipinski definition) is 4. The van der Waals surface area contributed by atoms with E-state index in [1.165, 1.54) is 0 Å². The fourth-order valence-electron chi connectivity index (χ4n) is 8.29. The van der Waals surface area contributed by atoms with E-state index in [9.17, 15) is 20.4 Å². The van der Waals surface area contributed by atoms with Gasteiger partial charge in [0, 0.05) is 23.0 Å². The molecule has 4 heteroatoms. The normalized spacial score (nSPS) is 13.6. The zero-order valence-electron chi connectivity index (χ0n) is 38.6. The van der Waals surface area contributed by atoms with E-state index in [4.69, 9.17) is 0 Å². The lowest BCUT2D eigenvalue weighted by atomic mass is 9.67. The van der Waals surface area contributed by atoms with Crippen LogP contribution in [-0.2, 0) is 32.5 Å². The molecule has 0 unspecified atom stereocenters. The van der Waals surface area contributed by atoms with Crippen LogP contribution in [0.3, 0.4) is 0 Å². The van der Waals surface area contributed by atoms with Crippen molar-refractivity contribution in [1.29, 1.82) is 0 Å². The third-order valence-corrected chi connectivity index (χ3v) is 11.4. The molecule has 0 bridgehead atoms. The first-order chi connectivity index (χ1) is 25.1. The second-order valence-corrected chi connectivity index (χ2v) is 22.9.